The van der Waals surface area contributed by atoms with Crippen molar-refractivity contribution in [2.45, 2.75) is 33.1 Å². The van der Waals surface area contributed by atoms with Gasteiger partial charge in [0.2, 0.25) is 17.7 Å². The molecule has 1 saturated heterocycles. The Morgan fingerprint density at radius 3 is 2.48 bits per heavy atom. The van der Waals surface area contributed by atoms with E-state index in [1.54, 1.807) is 6.07 Å². The van der Waals surface area contributed by atoms with Gasteiger partial charge < -0.3 is 9.84 Å². The second kappa shape index (κ2) is 7.14. The first-order chi connectivity index (χ1) is 14.8. The fourth-order valence-corrected chi connectivity index (χ4v) is 5.03. The summed E-state index contributed by atoms with van der Waals surface area (Å²) in [6.45, 7) is 5.50. The smallest absolute Gasteiger partial charge is 0.260 e. The van der Waals surface area contributed by atoms with Crippen molar-refractivity contribution in [3.05, 3.63) is 41.7 Å². The van der Waals surface area contributed by atoms with Gasteiger partial charge in [0.15, 0.2) is 5.82 Å². The third-order valence-corrected chi connectivity index (χ3v) is 6.59. The van der Waals surface area contributed by atoms with Crippen LogP contribution in [0.1, 0.15) is 37.6 Å². The Labute approximate surface area is 179 Å². The maximum absolute atomic E-state index is 12.9. The molecule has 2 aliphatic carbocycles. The van der Waals surface area contributed by atoms with Crippen LogP contribution in [-0.2, 0) is 14.4 Å². The molecule has 1 saturated carbocycles. The minimum absolute atomic E-state index is 0.108. The molecule has 5 rings (SSSR count). The van der Waals surface area contributed by atoms with E-state index in [2.05, 4.69) is 15.5 Å². The third kappa shape index (κ3) is 3.08. The molecule has 31 heavy (non-hydrogen) atoms. The summed E-state index contributed by atoms with van der Waals surface area (Å²) in [7, 11) is 0. The molecule has 2 heterocycles. The topological polar surface area (TPSA) is 105 Å². The zero-order valence-corrected chi connectivity index (χ0v) is 17.7. The van der Waals surface area contributed by atoms with Gasteiger partial charge >= 0.3 is 0 Å². The minimum Gasteiger partial charge on any atom is -0.334 e. The van der Waals surface area contributed by atoms with Gasteiger partial charge in [-0.25, -0.2) is 0 Å². The number of hydrogen-bond acceptors (Lipinski definition) is 6. The van der Waals surface area contributed by atoms with Crippen molar-refractivity contribution in [3.8, 4) is 11.5 Å². The highest BCUT2D eigenvalue weighted by Crippen LogP contribution is 2.52. The number of rotatable bonds is 5. The monoisotopic (exact) mass is 420 g/mol. The summed E-state index contributed by atoms with van der Waals surface area (Å²) in [5.74, 6) is -0.265. The van der Waals surface area contributed by atoms with Crippen molar-refractivity contribution in [2.24, 2.45) is 23.7 Å². The number of aryl methyl sites for hydroxylation is 1. The van der Waals surface area contributed by atoms with Crippen molar-refractivity contribution in [1.29, 1.82) is 0 Å². The minimum atomic E-state index is -0.430. The Morgan fingerprint density at radius 2 is 1.87 bits per heavy atom. The van der Waals surface area contributed by atoms with E-state index in [4.69, 9.17) is 4.52 Å². The first-order valence-corrected chi connectivity index (χ1v) is 10.6. The predicted molar refractivity (Wildman–Crippen MR) is 112 cm³/mol. The summed E-state index contributed by atoms with van der Waals surface area (Å²) in [5.41, 5.74) is 1.95. The second-order valence-electron chi connectivity index (χ2n) is 8.92. The van der Waals surface area contributed by atoms with Crippen LogP contribution in [0.5, 0.6) is 0 Å². The number of anilines is 1. The van der Waals surface area contributed by atoms with Gasteiger partial charge in [-0.1, -0.05) is 43.3 Å². The number of imide groups is 1. The average Bonchev–Trinajstić information content (AvgIpc) is 3.50. The van der Waals surface area contributed by atoms with E-state index in [0.29, 0.717) is 23.0 Å². The van der Waals surface area contributed by atoms with E-state index in [0.717, 1.165) is 16.9 Å². The predicted octanol–water partition coefficient (Wildman–Crippen LogP) is 2.91. The van der Waals surface area contributed by atoms with Gasteiger partial charge in [0, 0.05) is 5.92 Å². The molecule has 8 nitrogen and oxygen atoms in total. The molecule has 4 atom stereocenters. The lowest BCUT2D eigenvalue weighted by molar-refractivity contribution is -0.143. The Balaban J connectivity index is 1.36. The molecule has 160 valence electrons. The molecular weight excluding hydrogens is 396 g/mol. The zero-order chi connectivity index (χ0) is 21.9. The lowest BCUT2D eigenvalue weighted by Crippen LogP contribution is -2.39. The van der Waals surface area contributed by atoms with Crippen LogP contribution in [0.15, 0.2) is 34.9 Å². The quantitative estimate of drug-likeness (QED) is 0.589. The van der Waals surface area contributed by atoms with Gasteiger partial charge in [-0.2, -0.15) is 4.98 Å². The fourth-order valence-electron chi connectivity index (χ4n) is 5.03. The summed E-state index contributed by atoms with van der Waals surface area (Å²) in [6.07, 6.45) is 4.94. The van der Waals surface area contributed by atoms with Crippen LogP contribution >= 0.6 is 0 Å². The second-order valence-corrected chi connectivity index (χ2v) is 8.92. The summed E-state index contributed by atoms with van der Waals surface area (Å²) in [5, 5.41) is 6.85. The van der Waals surface area contributed by atoms with Crippen LogP contribution in [0.2, 0.25) is 0 Å². The number of hydrogen-bond donors (Lipinski definition) is 1. The Kier molecular flexibility index (Phi) is 4.53. The molecule has 1 aromatic carbocycles. The number of nitrogens with zero attached hydrogens (tertiary/aromatic N) is 3. The van der Waals surface area contributed by atoms with Crippen LogP contribution in [0.4, 0.5) is 5.69 Å². The summed E-state index contributed by atoms with van der Waals surface area (Å²) >= 11 is 0. The Hall–Kier alpha value is -3.29. The van der Waals surface area contributed by atoms with Crippen LogP contribution in [0, 0.1) is 30.6 Å². The molecule has 1 aliphatic heterocycles. The molecule has 3 aliphatic rings. The number of carbonyl (C=O) groups is 3. The standard InChI is InChI=1S/C23H24N4O4/c1-11(2)20-25-21(31-26-20)15-6-4-5-12(3)19(15)24-16(28)10-27-22(29)17-13-7-8-14(9-13)18(17)23(27)30/h4-8,11,13-14,17-18H,9-10H2,1-3H3,(H,24,28). The number of fused-ring (bicyclic) bond motifs is 5. The highest BCUT2D eigenvalue weighted by molar-refractivity contribution is 6.10. The van der Waals surface area contributed by atoms with E-state index in [1.807, 2.05) is 45.1 Å². The maximum atomic E-state index is 12.9. The van der Waals surface area contributed by atoms with Crippen molar-refractivity contribution in [3.63, 3.8) is 0 Å². The van der Waals surface area contributed by atoms with Gasteiger partial charge in [-0.05, 0) is 36.8 Å². The van der Waals surface area contributed by atoms with E-state index < -0.39 is 5.91 Å². The number of allylic oxidation sites excluding steroid dienone is 2. The Morgan fingerprint density at radius 1 is 1.19 bits per heavy atom. The molecule has 4 unspecified atom stereocenters. The molecule has 2 fully saturated rings. The van der Waals surface area contributed by atoms with E-state index in [9.17, 15) is 14.4 Å². The van der Waals surface area contributed by atoms with E-state index in [1.165, 1.54) is 0 Å². The van der Waals surface area contributed by atoms with Gasteiger partial charge in [-0.3, -0.25) is 19.3 Å². The van der Waals surface area contributed by atoms with Crippen molar-refractivity contribution in [2.75, 3.05) is 11.9 Å². The first kappa shape index (κ1) is 19.7. The van der Waals surface area contributed by atoms with Crippen molar-refractivity contribution >= 4 is 23.4 Å². The van der Waals surface area contributed by atoms with E-state index >= 15 is 0 Å². The fraction of sp³-hybridized carbons (Fsp3) is 0.435. The number of aromatic nitrogens is 2. The molecule has 1 N–H and O–H groups in total. The summed E-state index contributed by atoms with van der Waals surface area (Å²) in [4.78, 5) is 44.1. The van der Waals surface area contributed by atoms with Gasteiger partial charge in [0.1, 0.15) is 6.54 Å². The van der Waals surface area contributed by atoms with Crippen LogP contribution in [0.3, 0.4) is 0 Å². The van der Waals surface area contributed by atoms with Gasteiger partial charge in [-0.15, -0.1) is 0 Å². The number of nitrogens with one attached hydrogen (secondary N) is 1. The zero-order valence-electron chi connectivity index (χ0n) is 17.7. The lowest BCUT2D eigenvalue weighted by atomic mass is 9.85. The Bertz CT molecular complexity index is 1090. The van der Waals surface area contributed by atoms with Crippen molar-refractivity contribution in [1.82, 2.24) is 15.0 Å². The maximum Gasteiger partial charge on any atom is 0.260 e. The van der Waals surface area contributed by atoms with Gasteiger partial charge in [0.25, 0.3) is 5.89 Å². The van der Waals surface area contributed by atoms with E-state index in [-0.39, 0.29) is 47.9 Å². The largest absolute Gasteiger partial charge is 0.334 e. The number of benzene rings is 1. The van der Waals surface area contributed by atoms with Gasteiger partial charge in [0.05, 0.1) is 23.1 Å². The number of likely N-dealkylation sites (tertiary alicyclic amines) is 1. The highest BCUT2D eigenvalue weighted by Gasteiger charge is 2.59. The molecule has 3 amide bonds. The molecule has 0 spiro atoms. The number of amides is 3. The van der Waals surface area contributed by atoms with Crippen LogP contribution in [0.25, 0.3) is 11.5 Å². The molecule has 2 bridgehead atoms. The summed E-state index contributed by atoms with van der Waals surface area (Å²) in [6, 6.07) is 5.50. The molecular formula is C23H24N4O4. The normalized spacial score (nSPS) is 26.3. The van der Waals surface area contributed by atoms with Crippen LogP contribution in [-0.4, -0.2) is 39.3 Å². The highest BCUT2D eigenvalue weighted by atomic mass is 16.5. The van der Waals surface area contributed by atoms with Crippen LogP contribution < -0.4 is 5.32 Å². The molecule has 2 aromatic rings. The average molecular weight is 420 g/mol. The molecule has 1 aromatic heterocycles. The number of para-hydroxylation sites is 1. The third-order valence-electron chi connectivity index (χ3n) is 6.59. The first-order valence-electron chi connectivity index (χ1n) is 10.6. The summed E-state index contributed by atoms with van der Waals surface area (Å²) < 4.78 is 5.40. The SMILES string of the molecule is Cc1cccc(-c2nc(C(C)C)no2)c1NC(=O)CN1C(=O)C2C3C=CC(C3)C2C1=O. The van der Waals surface area contributed by atoms with Crippen molar-refractivity contribution < 1.29 is 18.9 Å². The lowest BCUT2D eigenvalue weighted by Gasteiger charge is -2.18. The molecule has 8 heteroatoms. The molecule has 0 radical (unpaired) electrons. The number of carbonyl (C=O) groups excluding carboxylic acids is 3.